The molecule has 24 heavy (non-hydrogen) atoms. The van der Waals surface area contributed by atoms with Crippen LogP contribution in [0, 0.1) is 6.92 Å². The first-order valence-electron chi connectivity index (χ1n) is 7.33. The number of imidazole rings is 1. The van der Waals surface area contributed by atoms with Crippen LogP contribution in [0.5, 0.6) is 5.75 Å². The van der Waals surface area contributed by atoms with E-state index in [-0.39, 0.29) is 12.2 Å². The quantitative estimate of drug-likeness (QED) is 0.588. The molecule has 0 radical (unpaired) electrons. The summed E-state index contributed by atoms with van der Waals surface area (Å²) in [6.07, 6.45) is 1.79. The van der Waals surface area contributed by atoms with E-state index in [9.17, 15) is 9.90 Å². The summed E-state index contributed by atoms with van der Waals surface area (Å²) < 4.78 is 6.48. The van der Waals surface area contributed by atoms with E-state index in [0.29, 0.717) is 22.8 Å². The number of ether oxygens (including phenoxy) is 1. The number of rotatable bonds is 4. The Balaban J connectivity index is 2.10. The third kappa shape index (κ3) is 2.96. The van der Waals surface area contributed by atoms with Crippen molar-refractivity contribution < 1.29 is 14.6 Å². The average Bonchev–Trinajstić information content (AvgIpc) is 2.93. The molecule has 3 rings (SSSR count). The van der Waals surface area contributed by atoms with Gasteiger partial charge in [0.05, 0.1) is 19.2 Å². The first-order valence-corrected chi connectivity index (χ1v) is 7.33. The van der Waals surface area contributed by atoms with Crippen molar-refractivity contribution in [1.82, 2.24) is 9.38 Å². The molecule has 0 saturated carbocycles. The van der Waals surface area contributed by atoms with E-state index < -0.39 is 5.97 Å². The Morgan fingerprint density at radius 3 is 2.79 bits per heavy atom. The van der Waals surface area contributed by atoms with Crippen molar-refractivity contribution in [2.75, 3.05) is 7.11 Å². The van der Waals surface area contributed by atoms with E-state index in [1.54, 1.807) is 28.8 Å². The Kier molecular flexibility index (Phi) is 4.24. The molecular weight excluding hydrogens is 308 g/mol. The van der Waals surface area contributed by atoms with Crippen molar-refractivity contribution in [1.29, 1.82) is 0 Å². The maximum absolute atomic E-state index is 11.6. The summed E-state index contributed by atoms with van der Waals surface area (Å²) in [5.74, 6) is 0.0539. The lowest BCUT2D eigenvalue weighted by molar-refractivity contribution is -0.139. The van der Waals surface area contributed by atoms with Crippen molar-refractivity contribution in [3.8, 4) is 5.75 Å². The number of para-hydroxylation sites is 1. The molecule has 122 valence electrons. The van der Waals surface area contributed by atoms with Crippen LogP contribution >= 0.6 is 0 Å². The van der Waals surface area contributed by atoms with Gasteiger partial charge in [-0.3, -0.25) is 9.20 Å². The van der Waals surface area contributed by atoms with Gasteiger partial charge in [-0.1, -0.05) is 18.2 Å². The zero-order chi connectivity index (χ0) is 17.1. The molecule has 0 aliphatic heterocycles. The number of carbonyl (C=O) groups is 1. The number of pyridine rings is 1. The molecule has 2 aromatic heterocycles. The fourth-order valence-corrected chi connectivity index (χ4v) is 2.32. The van der Waals surface area contributed by atoms with Gasteiger partial charge in [0.15, 0.2) is 5.82 Å². The lowest BCUT2D eigenvalue weighted by Crippen LogP contribution is -2.04. The molecule has 3 aromatic rings. The number of phenolic OH excluding ortho intramolecular Hbond substituents is 1. The number of fused-ring (bicyclic) bond motifs is 1. The number of azo groups is 1. The molecule has 0 spiro atoms. The predicted octanol–water partition coefficient (Wildman–Crippen LogP) is 3.48. The van der Waals surface area contributed by atoms with Crippen LogP contribution in [0.2, 0.25) is 0 Å². The molecule has 0 amide bonds. The molecule has 0 aliphatic carbocycles. The predicted molar refractivity (Wildman–Crippen MR) is 87.9 cm³/mol. The summed E-state index contributed by atoms with van der Waals surface area (Å²) in [7, 11) is 1.33. The van der Waals surface area contributed by atoms with Crippen LogP contribution in [-0.4, -0.2) is 27.6 Å². The van der Waals surface area contributed by atoms with Crippen LogP contribution < -0.4 is 0 Å². The first-order chi connectivity index (χ1) is 11.6. The molecule has 2 heterocycles. The van der Waals surface area contributed by atoms with Gasteiger partial charge in [0, 0.05) is 6.20 Å². The Morgan fingerprint density at radius 1 is 1.25 bits per heavy atom. The van der Waals surface area contributed by atoms with Crippen molar-refractivity contribution in [2.24, 2.45) is 10.2 Å². The van der Waals surface area contributed by atoms with E-state index in [1.165, 1.54) is 13.2 Å². The number of benzene rings is 1. The number of esters is 1. The Morgan fingerprint density at radius 2 is 2.04 bits per heavy atom. The molecule has 7 nitrogen and oxygen atoms in total. The fraction of sp³-hybridized carbons (Fsp3) is 0.176. The van der Waals surface area contributed by atoms with Crippen molar-refractivity contribution in [3.05, 3.63) is 53.9 Å². The van der Waals surface area contributed by atoms with E-state index in [1.807, 2.05) is 19.1 Å². The third-order valence-electron chi connectivity index (χ3n) is 3.56. The van der Waals surface area contributed by atoms with E-state index >= 15 is 0 Å². The van der Waals surface area contributed by atoms with Gasteiger partial charge in [0.2, 0.25) is 0 Å². The standard InChI is InChI=1S/C17H16N4O3/c1-11-6-5-9-21-16(11)18-13(10-15(23)24-2)17(21)20-19-12-7-3-4-8-14(12)22/h3-9,22H,10H2,1-2H3. The molecule has 0 saturated heterocycles. The Bertz CT molecular complexity index is 931. The van der Waals surface area contributed by atoms with Gasteiger partial charge in [0.25, 0.3) is 0 Å². The van der Waals surface area contributed by atoms with Crippen molar-refractivity contribution in [2.45, 2.75) is 13.3 Å². The SMILES string of the molecule is COC(=O)Cc1nc2c(C)cccn2c1N=Nc1ccccc1O. The topological polar surface area (TPSA) is 88.5 Å². The molecule has 0 aliphatic rings. The van der Waals surface area contributed by atoms with Crippen LogP contribution in [0.1, 0.15) is 11.3 Å². The van der Waals surface area contributed by atoms with Crippen LogP contribution in [0.4, 0.5) is 11.5 Å². The normalized spacial score (nSPS) is 11.2. The summed E-state index contributed by atoms with van der Waals surface area (Å²) in [4.78, 5) is 16.1. The fourth-order valence-electron chi connectivity index (χ4n) is 2.32. The number of methoxy groups -OCH3 is 1. The number of phenols is 1. The number of aromatic hydroxyl groups is 1. The van der Waals surface area contributed by atoms with Gasteiger partial charge in [-0.15, -0.1) is 10.2 Å². The van der Waals surface area contributed by atoms with Gasteiger partial charge in [-0.25, -0.2) is 4.98 Å². The van der Waals surface area contributed by atoms with Gasteiger partial charge >= 0.3 is 5.97 Å². The summed E-state index contributed by atoms with van der Waals surface area (Å²) in [5, 5.41) is 18.1. The molecule has 1 aromatic carbocycles. The van der Waals surface area contributed by atoms with E-state index in [4.69, 9.17) is 4.74 Å². The molecule has 7 heteroatoms. The average molecular weight is 324 g/mol. The lowest BCUT2D eigenvalue weighted by Gasteiger charge is -2.00. The highest BCUT2D eigenvalue weighted by atomic mass is 16.5. The number of carbonyl (C=O) groups excluding carboxylic acids is 1. The van der Waals surface area contributed by atoms with Crippen LogP contribution in [0.3, 0.4) is 0 Å². The molecule has 0 bridgehead atoms. The van der Waals surface area contributed by atoms with Gasteiger partial charge in [0.1, 0.15) is 17.1 Å². The smallest absolute Gasteiger partial charge is 0.311 e. The first kappa shape index (κ1) is 15.7. The molecule has 1 N–H and O–H groups in total. The number of aryl methyl sites for hydroxylation is 1. The largest absolute Gasteiger partial charge is 0.506 e. The molecular formula is C17H16N4O3. The van der Waals surface area contributed by atoms with Crippen LogP contribution in [0.15, 0.2) is 52.8 Å². The highest BCUT2D eigenvalue weighted by Crippen LogP contribution is 2.29. The maximum Gasteiger partial charge on any atom is 0.311 e. The zero-order valence-electron chi connectivity index (χ0n) is 13.3. The van der Waals surface area contributed by atoms with E-state index in [2.05, 4.69) is 15.2 Å². The third-order valence-corrected chi connectivity index (χ3v) is 3.56. The van der Waals surface area contributed by atoms with Crippen molar-refractivity contribution >= 4 is 23.1 Å². The van der Waals surface area contributed by atoms with Gasteiger partial charge < -0.3 is 9.84 Å². The van der Waals surface area contributed by atoms with Crippen LogP contribution in [0.25, 0.3) is 5.65 Å². The summed E-state index contributed by atoms with van der Waals surface area (Å²) in [5.41, 5.74) is 2.45. The number of aromatic nitrogens is 2. The minimum atomic E-state index is -0.407. The summed E-state index contributed by atoms with van der Waals surface area (Å²) in [6.45, 7) is 1.92. The monoisotopic (exact) mass is 324 g/mol. The summed E-state index contributed by atoms with van der Waals surface area (Å²) in [6, 6.07) is 10.4. The number of nitrogens with zero attached hydrogens (tertiary/aromatic N) is 4. The Labute approximate surface area is 138 Å². The highest BCUT2D eigenvalue weighted by Gasteiger charge is 2.17. The minimum Gasteiger partial charge on any atom is -0.506 e. The highest BCUT2D eigenvalue weighted by molar-refractivity contribution is 5.74. The minimum absolute atomic E-state index is 0.00720. The number of hydrogen-bond acceptors (Lipinski definition) is 6. The second-order valence-corrected chi connectivity index (χ2v) is 5.21. The molecule has 0 fully saturated rings. The van der Waals surface area contributed by atoms with Gasteiger partial charge in [-0.2, -0.15) is 0 Å². The van der Waals surface area contributed by atoms with Gasteiger partial charge in [-0.05, 0) is 30.7 Å². The number of hydrogen-bond donors (Lipinski definition) is 1. The summed E-state index contributed by atoms with van der Waals surface area (Å²) >= 11 is 0. The zero-order valence-corrected chi connectivity index (χ0v) is 13.3. The van der Waals surface area contributed by atoms with E-state index in [0.717, 1.165) is 5.56 Å². The Hall–Kier alpha value is -3.22. The second-order valence-electron chi connectivity index (χ2n) is 5.21. The molecule has 0 unspecified atom stereocenters. The molecule has 0 atom stereocenters. The van der Waals surface area contributed by atoms with Crippen LogP contribution in [-0.2, 0) is 16.0 Å². The maximum atomic E-state index is 11.6. The van der Waals surface area contributed by atoms with Crippen molar-refractivity contribution in [3.63, 3.8) is 0 Å². The lowest BCUT2D eigenvalue weighted by atomic mass is 10.3. The second kappa shape index (κ2) is 6.49.